The maximum atomic E-state index is 12.6. The Morgan fingerprint density at radius 2 is 2.08 bits per heavy atom. The lowest BCUT2D eigenvalue weighted by Gasteiger charge is -2.38. The molecule has 3 rings (SSSR count). The summed E-state index contributed by atoms with van der Waals surface area (Å²) in [5, 5.41) is 5.46. The van der Waals surface area contributed by atoms with Gasteiger partial charge in [-0.25, -0.2) is 9.59 Å². The second-order valence-electron chi connectivity index (χ2n) is 6.82. The van der Waals surface area contributed by atoms with Gasteiger partial charge in [0.15, 0.2) is 0 Å². The predicted octanol–water partition coefficient (Wildman–Crippen LogP) is 1.57. The van der Waals surface area contributed by atoms with Crippen molar-refractivity contribution in [2.45, 2.75) is 32.4 Å². The number of hydrogen-bond donors (Lipinski definition) is 2. The molecule has 4 amide bonds. The van der Waals surface area contributed by atoms with Crippen LogP contribution in [0.3, 0.4) is 0 Å². The van der Waals surface area contributed by atoms with Crippen LogP contribution in [0.25, 0.3) is 0 Å². The molecule has 2 aliphatic rings. The van der Waals surface area contributed by atoms with Crippen LogP contribution in [0.5, 0.6) is 0 Å². The molecule has 0 atom stereocenters. The molecule has 2 N–H and O–H groups in total. The van der Waals surface area contributed by atoms with Gasteiger partial charge in [0.2, 0.25) is 0 Å². The highest BCUT2D eigenvalue weighted by Gasteiger charge is 2.34. The van der Waals surface area contributed by atoms with Crippen LogP contribution in [0, 0.1) is 0 Å². The number of benzene rings is 1. The fourth-order valence-corrected chi connectivity index (χ4v) is 2.96. The van der Waals surface area contributed by atoms with Gasteiger partial charge in [0.1, 0.15) is 6.10 Å². The fourth-order valence-electron chi connectivity index (χ4n) is 2.96. The maximum absolute atomic E-state index is 12.6. The zero-order valence-corrected chi connectivity index (χ0v) is 15.0. The molecule has 0 unspecified atom stereocenters. The van der Waals surface area contributed by atoms with Crippen LogP contribution < -0.4 is 15.5 Å². The number of ether oxygens (including phenoxy) is 1. The molecular weight excluding hydrogens is 336 g/mol. The molecule has 26 heavy (non-hydrogen) atoms. The normalized spacial score (nSPS) is 17.6. The molecule has 0 aromatic heterocycles. The molecule has 0 saturated carbocycles. The van der Waals surface area contributed by atoms with E-state index in [0.29, 0.717) is 37.4 Å². The number of anilines is 1. The summed E-state index contributed by atoms with van der Waals surface area (Å²) in [6.45, 7) is 5.76. The van der Waals surface area contributed by atoms with Gasteiger partial charge >= 0.3 is 12.1 Å². The highest BCUT2D eigenvalue weighted by atomic mass is 16.6. The van der Waals surface area contributed by atoms with Gasteiger partial charge in [0.05, 0.1) is 13.1 Å². The fraction of sp³-hybridized carbons (Fsp3) is 0.500. The highest BCUT2D eigenvalue weighted by molar-refractivity contribution is 5.98. The third kappa shape index (κ3) is 4.07. The first-order valence-electron chi connectivity index (χ1n) is 8.86. The zero-order chi connectivity index (χ0) is 18.7. The van der Waals surface area contributed by atoms with E-state index in [9.17, 15) is 14.4 Å². The Kier molecular flexibility index (Phi) is 5.29. The van der Waals surface area contributed by atoms with Crippen LogP contribution in [0.15, 0.2) is 24.3 Å². The number of carbonyl (C=O) groups is 3. The Balaban J connectivity index is 1.57. The Morgan fingerprint density at radius 3 is 2.77 bits per heavy atom. The number of nitrogens with one attached hydrogen (secondary N) is 2. The molecule has 8 heteroatoms. The van der Waals surface area contributed by atoms with Crippen molar-refractivity contribution in [2.24, 2.45) is 0 Å². The van der Waals surface area contributed by atoms with Gasteiger partial charge < -0.3 is 20.3 Å². The first-order chi connectivity index (χ1) is 12.4. The summed E-state index contributed by atoms with van der Waals surface area (Å²) in [4.78, 5) is 39.4. The molecular formula is C18H24N4O4. The third-order valence-electron chi connectivity index (χ3n) is 4.30. The van der Waals surface area contributed by atoms with E-state index in [-0.39, 0.29) is 24.1 Å². The number of alkyl carbamates (subject to hydrolysis) is 1. The van der Waals surface area contributed by atoms with Crippen LogP contribution in [0.1, 0.15) is 30.6 Å². The molecule has 2 aliphatic heterocycles. The van der Waals surface area contributed by atoms with Crippen molar-refractivity contribution >= 4 is 23.7 Å². The van der Waals surface area contributed by atoms with Crippen molar-refractivity contribution in [3.8, 4) is 0 Å². The number of amides is 4. The molecule has 2 fully saturated rings. The molecule has 0 aliphatic carbocycles. The minimum absolute atomic E-state index is 0.00930. The number of urea groups is 1. The first kappa shape index (κ1) is 18.0. The van der Waals surface area contributed by atoms with E-state index in [1.807, 2.05) is 19.9 Å². The second-order valence-corrected chi connectivity index (χ2v) is 6.82. The molecule has 2 heterocycles. The summed E-state index contributed by atoms with van der Waals surface area (Å²) in [7, 11) is 0. The standard InChI is InChI=1S/C18H24N4O4/c1-12(2)20-18(25)26-15-10-21(11-15)16(23)13-5-3-6-14(9-13)22-8-4-7-19-17(22)24/h3,5-6,9,12,15H,4,7-8,10-11H2,1-2H3,(H,19,24)(H,20,25). The summed E-state index contributed by atoms with van der Waals surface area (Å²) in [5.74, 6) is -0.131. The molecule has 1 aromatic rings. The van der Waals surface area contributed by atoms with Crippen LogP contribution in [-0.4, -0.2) is 61.3 Å². The SMILES string of the molecule is CC(C)NC(=O)OC1CN(C(=O)c2cccc(N3CCCNC3=O)c2)C1. The summed E-state index contributed by atoms with van der Waals surface area (Å²) in [6.07, 6.45) is 0.122. The summed E-state index contributed by atoms with van der Waals surface area (Å²) in [6, 6.07) is 6.92. The summed E-state index contributed by atoms with van der Waals surface area (Å²) in [5.41, 5.74) is 1.23. The van der Waals surface area contributed by atoms with E-state index in [1.54, 1.807) is 28.0 Å². The van der Waals surface area contributed by atoms with E-state index < -0.39 is 6.09 Å². The Bertz CT molecular complexity index is 700. The maximum Gasteiger partial charge on any atom is 0.407 e. The molecule has 140 valence electrons. The van der Waals surface area contributed by atoms with E-state index >= 15 is 0 Å². The van der Waals surface area contributed by atoms with Crippen molar-refractivity contribution in [3.05, 3.63) is 29.8 Å². The van der Waals surface area contributed by atoms with Gasteiger partial charge in [-0.3, -0.25) is 9.69 Å². The smallest absolute Gasteiger partial charge is 0.407 e. The van der Waals surface area contributed by atoms with Crippen LogP contribution in [0.2, 0.25) is 0 Å². The van der Waals surface area contributed by atoms with Crippen molar-refractivity contribution in [3.63, 3.8) is 0 Å². The van der Waals surface area contributed by atoms with Crippen molar-refractivity contribution in [2.75, 3.05) is 31.1 Å². The number of likely N-dealkylation sites (tertiary alicyclic amines) is 1. The molecule has 0 radical (unpaired) electrons. The molecule has 8 nitrogen and oxygen atoms in total. The topological polar surface area (TPSA) is 91.0 Å². The van der Waals surface area contributed by atoms with Crippen LogP contribution in [0.4, 0.5) is 15.3 Å². The van der Waals surface area contributed by atoms with E-state index in [2.05, 4.69) is 10.6 Å². The van der Waals surface area contributed by atoms with E-state index in [0.717, 1.165) is 6.42 Å². The lowest BCUT2D eigenvalue weighted by atomic mass is 10.1. The largest absolute Gasteiger partial charge is 0.442 e. The Hall–Kier alpha value is -2.77. The molecule has 1 aromatic carbocycles. The number of hydrogen-bond acceptors (Lipinski definition) is 4. The molecule has 0 spiro atoms. The summed E-state index contributed by atoms with van der Waals surface area (Å²) >= 11 is 0. The van der Waals surface area contributed by atoms with Crippen LogP contribution >= 0.6 is 0 Å². The number of rotatable bonds is 4. The van der Waals surface area contributed by atoms with Gasteiger partial charge in [0, 0.05) is 30.4 Å². The van der Waals surface area contributed by atoms with Gasteiger partial charge in [-0.1, -0.05) is 6.07 Å². The number of nitrogens with zero attached hydrogens (tertiary/aromatic N) is 2. The van der Waals surface area contributed by atoms with Crippen molar-refractivity contribution in [1.29, 1.82) is 0 Å². The zero-order valence-electron chi connectivity index (χ0n) is 15.0. The van der Waals surface area contributed by atoms with Crippen LogP contribution in [-0.2, 0) is 4.74 Å². The van der Waals surface area contributed by atoms with Gasteiger partial charge in [-0.15, -0.1) is 0 Å². The Morgan fingerprint density at radius 1 is 1.31 bits per heavy atom. The second kappa shape index (κ2) is 7.63. The lowest BCUT2D eigenvalue weighted by molar-refractivity contribution is -0.00700. The monoisotopic (exact) mass is 360 g/mol. The van der Waals surface area contributed by atoms with Gasteiger partial charge in [-0.2, -0.15) is 0 Å². The predicted molar refractivity (Wildman–Crippen MR) is 96.2 cm³/mol. The molecule has 0 bridgehead atoms. The molecule has 2 saturated heterocycles. The average molecular weight is 360 g/mol. The minimum Gasteiger partial charge on any atom is -0.442 e. The highest BCUT2D eigenvalue weighted by Crippen LogP contribution is 2.22. The van der Waals surface area contributed by atoms with Gasteiger partial charge in [0.25, 0.3) is 5.91 Å². The number of carbonyl (C=O) groups excluding carboxylic acids is 3. The quantitative estimate of drug-likeness (QED) is 0.853. The average Bonchev–Trinajstić information content (AvgIpc) is 2.57. The Labute approximate surface area is 152 Å². The third-order valence-corrected chi connectivity index (χ3v) is 4.30. The van der Waals surface area contributed by atoms with E-state index in [1.165, 1.54) is 0 Å². The van der Waals surface area contributed by atoms with Gasteiger partial charge in [-0.05, 0) is 38.5 Å². The lowest BCUT2D eigenvalue weighted by Crippen LogP contribution is -2.56. The first-order valence-corrected chi connectivity index (χ1v) is 8.86. The van der Waals surface area contributed by atoms with E-state index in [4.69, 9.17) is 4.74 Å². The minimum atomic E-state index is -0.463. The van der Waals surface area contributed by atoms with Crippen molar-refractivity contribution in [1.82, 2.24) is 15.5 Å². The summed E-state index contributed by atoms with van der Waals surface area (Å²) < 4.78 is 5.24. The van der Waals surface area contributed by atoms with Crippen molar-refractivity contribution < 1.29 is 19.1 Å².